The molecule has 0 bridgehead atoms. The molecule has 11 heteroatoms. The van der Waals surface area contributed by atoms with E-state index in [4.69, 9.17) is 14.5 Å². The first kappa shape index (κ1) is 21.1. The van der Waals surface area contributed by atoms with Gasteiger partial charge in [0.2, 0.25) is 0 Å². The van der Waals surface area contributed by atoms with Crippen LogP contribution in [0.2, 0.25) is 0 Å². The van der Waals surface area contributed by atoms with Crippen LogP contribution in [0.4, 0.5) is 13.2 Å². The van der Waals surface area contributed by atoms with Crippen LogP contribution >= 0.6 is 0 Å². The zero-order valence-electron chi connectivity index (χ0n) is 12.2. The smallest absolute Gasteiger partial charge is 0.437 e. The maximum atomic E-state index is 12.3. The van der Waals surface area contributed by atoms with Crippen molar-refractivity contribution in [2.45, 2.75) is 6.18 Å². The lowest BCUT2D eigenvalue weighted by Crippen LogP contribution is -2.23. The molecule has 132 valence electrons. The summed E-state index contributed by atoms with van der Waals surface area (Å²) in [6.07, 6.45) is -4.68. The van der Waals surface area contributed by atoms with Gasteiger partial charge in [-0.3, -0.25) is 4.55 Å². The number of rotatable bonds is 5. The van der Waals surface area contributed by atoms with E-state index in [1.807, 2.05) is 0 Å². The van der Waals surface area contributed by atoms with E-state index in [0.29, 0.717) is 5.75 Å². The fourth-order valence-corrected chi connectivity index (χ4v) is 1.59. The van der Waals surface area contributed by atoms with Crippen LogP contribution in [0.15, 0.2) is 29.4 Å². The number of methoxy groups -OCH3 is 2. The van der Waals surface area contributed by atoms with Gasteiger partial charge in [-0.15, -0.1) is 0 Å². The average molecular weight is 359 g/mol. The lowest BCUT2D eigenvalue weighted by molar-refractivity contribution is -0.0601. The van der Waals surface area contributed by atoms with Crippen LogP contribution < -0.4 is 4.74 Å². The fourth-order valence-electron chi connectivity index (χ4n) is 1.22. The number of hydrogen-bond acceptors (Lipinski definition) is 6. The number of halogens is 3. The second-order valence-electron chi connectivity index (χ2n) is 3.95. The third-order valence-electron chi connectivity index (χ3n) is 2.28. The van der Waals surface area contributed by atoms with E-state index in [2.05, 4.69) is 9.89 Å². The van der Waals surface area contributed by atoms with Gasteiger partial charge in [0.15, 0.2) is 5.71 Å². The Bertz CT molecular complexity index is 598. The SMILES string of the molecule is COCCS(=O)(=O)O.COc1ccc(/C(=N/O)C(F)(F)F)cc1. The molecule has 23 heavy (non-hydrogen) atoms. The molecule has 0 heterocycles. The molecule has 0 saturated heterocycles. The molecule has 0 radical (unpaired) electrons. The minimum absolute atomic E-state index is 0.0405. The Balaban J connectivity index is 0.000000515. The molecule has 0 spiro atoms. The summed E-state index contributed by atoms with van der Waals surface area (Å²) < 4.78 is 73.7. The van der Waals surface area contributed by atoms with Crippen molar-refractivity contribution < 1.29 is 40.8 Å². The second-order valence-corrected chi connectivity index (χ2v) is 5.53. The molecule has 0 aliphatic carbocycles. The van der Waals surface area contributed by atoms with E-state index in [-0.39, 0.29) is 17.9 Å². The van der Waals surface area contributed by atoms with E-state index in [1.54, 1.807) is 0 Å². The standard InChI is InChI=1S/C9H8F3NO2.C3H8O4S/c1-15-7-4-2-6(3-5-7)8(13-14)9(10,11)12;1-7-2-3-8(4,5)6/h2-5,14H,1H3;2-3H2,1H3,(H,4,5,6)/b13-8-;. The largest absolute Gasteiger partial charge is 0.497 e. The van der Waals surface area contributed by atoms with Crippen molar-refractivity contribution in [2.24, 2.45) is 5.16 Å². The molecule has 1 rings (SSSR count). The molecule has 0 aliphatic heterocycles. The quantitative estimate of drug-likeness (QED) is 0.360. The van der Waals surface area contributed by atoms with Gasteiger partial charge in [0.1, 0.15) is 5.75 Å². The monoisotopic (exact) mass is 359 g/mol. The van der Waals surface area contributed by atoms with Crippen LogP contribution in [0.1, 0.15) is 5.56 Å². The van der Waals surface area contributed by atoms with Gasteiger partial charge < -0.3 is 14.7 Å². The summed E-state index contributed by atoms with van der Waals surface area (Å²) in [4.78, 5) is 0. The Labute approximate surface area is 131 Å². The van der Waals surface area contributed by atoms with Gasteiger partial charge >= 0.3 is 6.18 Å². The number of alkyl halides is 3. The van der Waals surface area contributed by atoms with Gasteiger partial charge in [-0.1, -0.05) is 5.16 Å². The number of ether oxygens (including phenoxy) is 2. The molecule has 1 aromatic carbocycles. The Kier molecular flexibility index (Phi) is 8.58. The maximum absolute atomic E-state index is 12.3. The number of nitrogens with zero attached hydrogens (tertiary/aromatic N) is 1. The Morgan fingerprint density at radius 3 is 2.00 bits per heavy atom. The molecule has 1 aromatic rings. The normalized spacial score (nSPS) is 12.3. The summed E-state index contributed by atoms with van der Waals surface area (Å²) in [5, 5.41) is 10.5. The van der Waals surface area contributed by atoms with Gasteiger partial charge in [0, 0.05) is 12.7 Å². The summed E-state index contributed by atoms with van der Waals surface area (Å²) in [5.41, 5.74) is -1.55. The number of hydrogen-bond donors (Lipinski definition) is 2. The van der Waals surface area contributed by atoms with Crippen molar-refractivity contribution in [3.63, 3.8) is 0 Å². The van der Waals surface area contributed by atoms with Crippen molar-refractivity contribution in [2.75, 3.05) is 26.6 Å². The van der Waals surface area contributed by atoms with E-state index < -0.39 is 22.0 Å². The third kappa shape index (κ3) is 9.01. The topological polar surface area (TPSA) is 105 Å². The summed E-state index contributed by atoms with van der Waals surface area (Å²) in [6, 6.07) is 5.04. The molecule has 0 aliphatic rings. The van der Waals surface area contributed by atoms with Crippen molar-refractivity contribution in [1.82, 2.24) is 0 Å². The van der Waals surface area contributed by atoms with Gasteiger partial charge in [-0.2, -0.15) is 21.6 Å². The predicted octanol–water partition coefficient (Wildman–Crippen LogP) is 1.96. The summed E-state index contributed by atoms with van der Waals surface area (Å²) in [5.74, 6) is 0.0990. The summed E-state index contributed by atoms with van der Waals surface area (Å²) in [6.45, 7) is 0.0405. The van der Waals surface area contributed by atoms with E-state index >= 15 is 0 Å². The Hall–Kier alpha value is -1.85. The molecular formula is C12H16F3NO6S. The number of benzene rings is 1. The molecule has 0 fully saturated rings. The zero-order valence-corrected chi connectivity index (χ0v) is 13.1. The van der Waals surface area contributed by atoms with Gasteiger partial charge in [-0.05, 0) is 24.3 Å². The zero-order chi connectivity index (χ0) is 18.1. The van der Waals surface area contributed by atoms with Crippen LogP contribution in [-0.4, -0.2) is 56.6 Å². The van der Waals surface area contributed by atoms with E-state index in [9.17, 15) is 21.6 Å². The van der Waals surface area contributed by atoms with Gasteiger partial charge in [0.25, 0.3) is 10.1 Å². The molecule has 0 atom stereocenters. The molecule has 0 aromatic heterocycles. The minimum atomic E-state index is -4.68. The van der Waals surface area contributed by atoms with Crippen LogP contribution in [0.25, 0.3) is 0 Å². The number of oxime groups is 1. The van der Waals surface area contributed by atoms with Crippen molar-refractivity contribution >= 4 is 15.8 Å². The maximum Gasteiger partial charge on any atom is 0.437 e. The molecule has 0 amide bonds. The highest BCUT2D eigenvalue weighted by molar-refractivity contribution is 7.85. The first-order chi connectivity index (χ1) is 10.5. The van der Waals surface area contributed by atoms with Crippen LogP contribution in [0.3, 0.4) is 0 Å². The fraction of sp³-hybridized carbons (Fsp3) is 0.417. The molecule has 0 unspecified atom stereocenters. The highest BCUT2D eigenvalue weighted by Gasteiger charge is 2.37. The molecule has 0 saturated carbocycles. The second kappa shape index (κ2) is 9.33. The first-order valence-corrected chi connectivity index (χ1v) is 7.53. The Morgan fingerprint density at radius 1 is 1.22 bits per heavy atom. The van der Waals surface area contributed by atoms with Crippen LogP contribution in [0.5, 0.6) is 5.75 Å². The highest BCUT2D eigenvalue weighted by atomic mass is 32.2. The van der Waals surface area contributed by atoms with Gasteiger partial charge in [0.05, 0.1) is 19.5 Å². The van der Waals surface area contributed by atoms with Crippen molar-refractivity contribution in [1.29, 1.82) is 0 Å². The first-order valence-electron chi connectivity index (χ1n) is 5.93. The lowest BCUT2D eigenvalue weighted by atomic mass is 10.1. The van der Waals surface area contributed by atoms with Crippen LogP contribution in [-0.2, 0) is 14.9 Å². The highest BCUT2D eigenvalue weighted by Crippen LogP contribution is 2.23. The van der Waals surface area contributed by atoms with E-state index in [1.165, 1.54) is 38.5 Å². The molecular weight excluding hydrogens is 343 g/mol. The molecule has 2 N–H and O–H groups in total. The lowest BCUT2D eigenvalue weighted by Gasteiger charge is -2.08. The van der Waals surface area contributed by atoms with E-state index in [0.717, 1.165) is 0 Å². The Morgan fingerprint density at radius 2 is 1.74 bits per heavy atom. The minimum Gasteiger partial charge on any atom is -0.497 e. The van der Waals surface area contributed by atoms with Crippen LogP contribution in [0, 0.1) is 0 Å². The van der Waals surface area contributed by atoms with Crippen molar-refractivity contribution in [3.05, 3.63) is 29.8 Å². The predicted molar refractivity (Wildman–Crippen MR) is 75.7 cm³/mol. The summed E-state index contributed by atoms with van der Waals surface area (Å²) in [7, 11) is -1.04. The van der Waals surface area contributed by atoms with Crippen molar-refractivity contribution in [3.8, 4) is 5.75 Å². The molecule has 7 nitrogen and oxygen atoms in total. The third-order valence-corrected chi connectivity index (χ3v) is 2.96. The van der Waals surface area contributed by atoms with Gasteiger partial charge in [-0.25, -0.2) is 0 Å². The summed E-state index contributed by atoms with van der Waals surface area (Å²) >= 11 is 0. The average Bonchev–Trinajstić information content (AvgIpc) is 2.45.